The summed E-state index contributed by atoms with van der Waals surface area (Å²) >= 11 is 0. The average Bonchev–Trinajstić information content (AvgIpc) is 2.85. The minimum atomic E-state index is -0.766. The third-order valence-corrected chi connectivity index (χ3v) is 3.95. The number of nitrogens with zero attached hydrogens (tertiary/aromatic N) is 2. The van der Waals surface area contributed by atoms with Crippen LogP contribution in [0.2, 0.25) is 0 Å². The second kappa shape index (κ2) is 7.10. The van der Waals surface area contributed by atoms with Crippen molar-refractivity contribution in [3.05, 3.63) is 18.0 Å². The van der Waals surface area contributed by atoms with Crippen molar-refractivity contribution in [2.75, 3.05) is 6.54 Å². The van der Waals surface area contributed by atoms with Gasteiger partial charge in [0.1, 0.15) is 0 Å². The number of hydrogen-bond acceptors (Lipinski definition) is 3. The second-order valence-corrected chi connectivity index (χ2v) is 5.50. The molecule has 3 N–H and O–H groups in total. The lowest BCUT2D eigenvalue weighted by molar-refractivity contribution is -0.143. The zero-order chi connectivity index (χ0) is 15.2. The molecule has 2 amide bonds. The van der Waals surface area contributed by atoms with E-state index in [1.54, 1.807) is 10.9 Å². The molecule has 0 saturated heterocycles. The molecule has 0 bridgehead atoms. The van der Waals surface area contributed by atoms with Crippen molar-refractivity contribution in [2.45, 2.75) is 38.1 Å². The van der Waals surface area contributed by atoms with Gasteiger partial charge in [0.15, 0.2) is 0 Å². The van der Waals surface area contributed by atoms with Crippen LogP contribution in [-0.2, 0) is 18.3 Å². The van der Waals surface area contributed by atoms with E-state index in [2.05, 4.69) is 15.7 Å². The number of carboxylic acids is 1. The van der Waals surface area contributed by atoms with Gasteiger partial charge in [-0.3, -0.25) is 9.48 Å². The number of urea groups is 1. The van der Waals surface area contributed by atoms with E-state index in [0.717, 1.165) is 18.5 Å². The number of hydrogen-bond donors (Lipinski definition) is 3. The van der Waals surface area contributed by atoms with Gasteiger partial charge in [0.2, 0.25) is 0 Å². The van der Waals surface area contributed by atoms with Crippen LogP contribution in [0.1, 0.15) is 31.4 Å². The summed E-state index contributed by atoms with van der Waals surface area (Å²) < 4.78 is 1.78. The summed E-state index contributed by atoms with van der Waals surface area (Å²) in [5.74, 6) is -1.10. The van der Waals surface area contributed by atoms with Gasteiger partial charge in [-0.05, 0) is 25.3 Å². The Kier molecular flexibility index (Phi) is 5.19. The van der Waals surface area contributed by atoms with E-state index in [9.17, 15) is 9.59 Å². The van der Waals surface area contributed by atoms with Gasteiger partial charge in [0.05, 0.1) is 5.92 Å². The number of aryl methyl sites for hydroxylation is 1. The number of aromatic nitrogens is 2. The van der Waals surface area contributed by atoms with Crippen molar-refractivity contribution in [1.29, 1.82) is 0 Å². The number of nitrogens with one attached hydrogen (secondary N) is 2. The molecule has 1 fully saturated rings. The monoisotopic (exact) mass is 294 g/mol. The van der Waals surface area contributed by atoms with Gasteiger partial charge in [-0.2, -0.15) is 5.10 Å². The van der Waals surface area contributed by atoms with Crippen LogP contribution < -0.4 is 10.6 Å². The first-order chi connectivity index (χ1) is 10.1. The summed E-state index contributed by atoms with van der Waals surface area (Å²) in [6, 6.07) is 1.64. The maximum Gasteiger partial charge on any atom is 0.315 e. The molecule has 1 heterocycles. The highest BCUT2D eigenvalue weighted by atomic mass is 16.4. The zero-order valence-electron chi connectivity index (χ0n) is 12.2. The highest BCUT2D eigenvalue weighted by molar-refractivity contribution is 5.74. The van der Waals surface area contributed by atoms with Crippen molar-refractivity contribution < 1.29 is 14.7 Å². The smallest absolute Gasteiger partial charge is 0.315 e. The van der Waals surface area contributed by atoms with E-state index in [1.807, 2.05) is 13.1 Å². The van der Waals surface area contributed by atoms with E-state index in [-0.39, 0.29) is 18.0 Å². The summed E-state index contributed by atoms with van der Waals surface area (Å²) in [4.78, 5) is 22.8. The highest BCUT2D eigenvalue weighted by Gasteiger charge is 2.27. The molecule has 1 aliphatic carbocycles. The van der Waals surface area contributed by atoms with E-state index < -0.39 is 5.97 Å². The Balaban J connectivity index is 1.69. The fraction of sp³-hybridized carbons (Fsp3) is 0.643. The van der Waals surface area contributed by atoms with Crippen molar-refractivity contribution in [3.63, 3.8) is 0 Å². The Morgan fingerprint density at radius 2 is 2.29 bits per heavy atom. The molecule has 0 aliphatic heterocycles. The second-order valence-electron chi connectivity index (χ2n) is 5.50. The largest absolute Gasteiger partial charge is 0.481 e. The summed E-state index contributed by atoms with van der Waals surface area (Å²) in [5.41, 5.74) is 1.05. The number of carbonyl (C=O) groups excluding carboxylic acids is 1. The summed E-state index contributed by atoms with van der Waals surface area (Å²) in [7, 11) is 1.86. The third-order valence-electron chi connectivity index (χ3n) is 3.95. The molecule has 1 aromatic heterocycles. The maximum atomic E-state index is 11.8. The van der Waals surface area contributed by atoms with Gasteiger partial charge in [0, 0.05) is 37.9 Å². The van der Waals surface area contributed by atoms with Crippen molar-refractivity contribution in [2.24, 2.45) is 13.0 Å². The molecule has 2 unspecified atom stereocenters. The van der Waals surface area contributed by atoms with Crippen LogP contribution in [0.3, 0.4) is 0 Å². The first-order valence-electron chi connectivity index (χ1n) is 7.30. The predicted molar refractivity (Wildman–Crippen MR) is 76.8 cm³/mol. The number of carbonyl (C=O) groups is 2. The first kappa shape index (κ1) is 15.3. The lowest BCUT2D eigenvalue weighted by atomic mass is 9.86. The lowest BCUT2D eigenvalue weighted by Gasteiger charge is -2.27. The molecule has 21 heavy (non-hydrogen) atoms. The van der Waals surface area contributed by atoms with Crippen LogP contribution in [0.5, 0.6) is 0 Å². The van der Waals surface area contributed by atoms with Gasteiger partial charge < -0.3 is 15.7 Å². The first-order valence-corrected chi connectivity index (χ1v) is 7.30. The minimum Gasteiger partial charge on any atom is -0.481 e. The van der Waals surface area contributed by atoms with Crippen molar-refractivity contribution >= 4 is 12.0 Å². The SMILES string of the molecule is Cn1nccc1CCNC(=O)NC1CCCC(C(=O)O)C1. The lowest BCUT2D eigenvalue weighted by Crippen LogP contribution is -2.45. The minimum absolute atomic E-state index is 0.0449. The van der Waals surface area contributed by atoms with Crippen LogP contribution in [0.25, 0.3) is 0 Å². The van der Waals surface area contributed by atoms with Crippen LogP contribution >= 0.6 is 0 Å². The molecular formula is C14H22N4O3. The van der Waals surface area contributed by atoms with E-state index in [1.165, 1.54) is 0 Å². The van der Waals surface area contributed by atoms with Crippen LogP contribution in [0, 0.1) is 5.92 Å². The van der Waals surface area contributed by atoms with Gasteiger partial charge in [-0.1, -0.05) is 6.42 Å². The Morgan fingerprint density at radius 3 is 2.95 bits per heavy atom. The molecule has 1 saturated carbocycles. The fourth-order valence-electron chi connectivity index (χ4n) is 2.73. The molecular weight excluding hydrogens is 272 g/mol. The summed E-state index contributed by atoms with van der Waals surface area (Å²) in [5, 5.41) is 18.8. The number of amides is 2. The van der Waals surface area contributed by atoms with Gasteiger partial charge in [-0.15, -0.1) is 0 Å². The third kappa shape index (κ3) is 4.47. The summed E-state index contributed by atoms with van der Waals surface area (Å²) in [6.45, 7) is 0.528. The standard InChI is InChI=1S/C14H22N4O3/c1-18-12(6-8-16-18)5-7-15-14(21)17-11-4-2-3-10(9-11)13(19)20/h6,8,10-11H,2-5,7,9H2,1H3,(H,19,20)(H2,15,17,21). The Bertz CT molecular complexity index is 500. The average molecular weight is 294 g/mol. The highest BCUT2D eigenvalue weighted by Crippen LogP contribution is 2.24. The quantitative estimate of drug-likeness (QED) is 0.752. The number of carboxylic acid groups (broad SMARTS) is 1. The van der Waals surface area contributed by atoms with Gasteiger partial charge >= 0.3 is 12.0 Å². The van der Waals surface area contributed by atoms with E-state index in [4.69, 9.17) is 5.11 Å². The normalized spacial score (nSPS) is 21.8. The molecule has 2 atom stereocenters. The van der Waals surface area contributed by atoms with E-state index >= 15 is 0 Å². The van der Waals surface area contributed by atoms with Crippen LogP contribution in [-0.4, -0.2) is 39.5 Å². The van der Waals surface area contributed by atoms with Gasteiger partial charge in [0.25, 0.3) is 0 Å². The molecule has 2 rings (SSSR count). The Labute approximate surface area is 123 Å². The molecule has 116 valence electrons. The fourth-order valence-corrected chi connectivity index (χ4v) is 2.73. The molecule has 0 radical (unpaired) electrons. The molecule has 7 nitrogen and oxygen atoms in total. The number of rotatable bonds is 5. The molecule has 7 heteroatoms. The Morgan fingerprint density at radius 1 is 1.48 bits per heavy atom. The van der Waals surface area contributed by atoms with Crippen molar-refractivity contribution in [1.82, 2.24) is 20.4 Å². The molecule has 1 aromatic rings. The molecule has 0 spiro atoms. The van der Waals surface area contributed by atoms with E-state index in [0.29, 0.717) is 25.8 Å². The van der Waals surface area contributed by atoms with Gasteiger partial charge in [-0.25, -0.2) is 4.79 Å². The molecule has 0 aromatic carbocycles. The number of aliphatic carboxylic acids is 1. The maximum absolute atomic E-state index is 11.8. The van der Waals surface area contributed by atoms with Crippen LogP contribution in [0.15, 0.2) is 12.3 Å². The molecule has 1 aliphatic rings. The Hall–Kier alpha value is -2.05. The summed E-state index contributed by atoms with van der Waals surface area (Å²) in [6.07, 6.45) is 5.35. The van der Waals surface area contributed by atoms with Crippen LogP contribution in [0.4, 0.5) is 4.79 Å². The topological polar surface area (TPSA) is 96.3 Å². The zero-order valence-corrected chi connectivity index (χ0v) is 12.2. The van der Waals surface area contributed by atoms with Crippen molar-refractivity contribution in [3.8, 4) is 0 Å². The predicted octanol–water partition coefficient (Wildman–Crippen LogP) is 0.905.